The molecular formula is C21H23FN2O3. The van der Waals surface area contributed by atoms with E-state index in [-0.39, 0.29) is 30.6 Å². The molecule has 1 saturated heterocycles. The molecule has 1 atom stereocenters. The summed E-state index contributed by atoms with van der Waals surface area (Å²) in [6.45, 7) is 0.974. The number of carbonyl (C=O) groups excluding carboxylic acids is 2. The van der Waals surface area contributed by atoms with E-state index in [1.54, 1.807) is 30.2 Å². The number of ether oxygens (including phenoxy) is 1. The van der Waals surface area contributed by atoms with Crippen LogP contribution in [0.5, 0.6) is 5.75 Å². The van der Waals surface area contributed by atoms with Crippen LogP contribution >= 0.6 is 0 Å². The van der Waals surface area contributed by atoms with Gasteiger partial charge < -0.3 is 15.0 Å². The molecule has 2 aromatic carbocycles. The molecule has 5 nitrogen and oxygen atoms in total. The Balaban J connectivity index is 1.51. The van der Waals surface area contributed by atoms with Gasteiger partial charge in [-0.3, -0.25) is 9.59 Å². The number of carbonyl (C=O) groups is 2. The molecule has 1 unspecified atom stereocenters. The van der Waals surface area contributed by atoms with E-state index in [0.717, 1.165) is 11.3 Å². The minimum absolute atomic E-state index is 0.122. The molecule has 2 amide bonds. The molecule has 27 heavy (non-hydrogen) atoms. The summed E-state index contributed by atoms with van der Waals surface area (Å²) in [6.07, 6.45) is 0.810. The van der Waals surface area contributed by atoms with Crippen molar-refractivity contribution in [3.8, 4) is 5.75 Å². The number of hydrogen-bond donors (Lipinski definition) is 1. The van der Waals surface area contributed by atoms with E-state index in [2.05, 4.69) is 5.32 Å². The Hall–Kier alpha value is -2.89. The van der Waals surface area contributed by atoms with Crippen molar-refractivity contribution in [2.75, 3.05) is 20.2 Å². The molecule has 6 heteroatoms. The van der Waals surface area contributed by atoms with E-state index >= 15 is 0 Å². The van der Waals surface area contributed by atoms with Gasteiger partial charge in [0.2, 0.25) is 11.8 Å². The Morgan fingerprint density at radius 1 is 1.19 bits per heavy atom. The topological polar surface area (TPSA) is 58.6 Å². The number of benzene rings is 2. The van der Waals surface area contributed by atoms with Gasteiger partial charge in [-0.15, -0.1) is 0 Å². The lowest BCUT2D eigenvalue weighted by molar-refractivity contribution is -0.129. The predicted octanol–water partition coefficient (Wildman–Crippen LogP) is 2.54. The summed E-state index contributed by atoms with van der Waals surface area (Å²) in [6, 6.07) is 14.0. The molecule has 1 heterocycles. The van der Waals surface area contributed by atoms with Crippen LogP contribution in [0.25, 0.3) is 0 Å². The van der Waals surface area contributed by atoms with Crippen molar-refractivity contribution in [1.82, 2.24) is 10.2 Å². The number of hydrogen-bond acceptors (Lipinski definition) is 3. The van der Waals surface area contributed by atoms with Gasteiger partial charge in [0, 0.05) is 31.6 Å². The fourth-order valence-electron chi connectivity index (χ4n) is 3.31. The van der Waals surface area contributed by atoms with E-state index in [1.807, 2.05) is 24.3 Å². The number of para-hydroxylation sites is 1. The van der Waals surface area contributed by atoms with E-state index in [9.17, 15) is 14.0 Å². The van der Waals surface area contributed by atoms with Gasteiger partial charge in [0.15, 0.2) is 0 Å². The number of halogens is 1. The maximum absolute atomic E-state index is 13.8. The third-order valence-corrected chi connectivity index (χ3v) is 4.79. The zero-order chi connectivity index (χ0) is 19.2. The van der Waals surface area contributed by atoms with Crippen LogP contribution in [-0.4, -0.2) is 36.9 Å². The first-order valence-corrected chi connectivity index (χ1v) is 8.99. The van der Waals surface area contributed by atoms with Crippen molar-refractivity contribution in [2.24, 2.45) is 5.92 Å². The Bertz CT molecular complexity index is 825. The third kappa shape index (κ3) is 4.64. The van der Waals surface area contributed by atoms with Crippen molar-refractivity contribution in [1.29, 1.82) is 0 Å². The third-order valence-electron chi connectivity index (χ3n) is 4.79. The van der Waals surface area contributed by atoms with Gasteiger partial charge in [0.05, 0.1) is 13.0 Å². The van der Waals surface area contributed by atoms with E-state index in [4.69, 9.17) is 4.74 Å². The van der Waals surface area contributed by atoms with E-state index in [0.29, 0.717) is 25.1 Å². The van der Waals surface area contributed by atoms with Crippen molar-refractivity contribution in [3.63, 3.8) is 0 Å². The highest BCUT2D eigenvalue weighted by atomic mass is 19.1. The second-order valence-electron chi connectivity index (χ2n) is 6.62. The molecule has 0 radical (unpaired) electrons. The minimum Gasteiger partial charge on any atom is -0.496 e. The van der Waals surface area contributed by atoms with Crippen molar-refractivity contribution in [2.45, 2.75) is 19.4 Å². The van der Waals surface area contributed by atoms with Crippen LogP contribution in [0.2, 0.25) is 0 Å². The maximum atomic E-state index is 13.8. The van der Waals surface area contributed by atoms with Gasteiger partial charge in [-0.1, -0.05) is 36.4 Å². The Kier molecular flexibility index (Phi) is 6.06. The number of methoxy groups -OCH3 is 1. The Morgan fingerprint density at radius 3 is 2.63 bits per heavy atom. The predicted molar refractivity (Wildman–Crippen MR) is 99.6 cm³/mol. The van der Waals surface area contributed by atoms with Crippen LogP contribution in [0, 0.1) is 11.7 Å². The Labute approximate surface area is 158 Å². The zero-order valence-electron chi connectivity index (χ0n) is 15.3. The van der Waals surface area contributed by atoms with Crippen LogP contribution in [0.3, 0.4) is 0 Å². The molecule has 1 N–H and O–H groups in total. The number of amides is 2. The average molecular weight is 370 g/mol. The maximum Gasteiger partial charge on any atom is 0.225 e. The van der Waals surface area contributed by atoms with Crippen molar-refractivity contribution < 1.29 is 18.7 Å². The number of rotatable bonds is 7. The summed E-state index contributed by atoms with van der Waals surface area (Å²) in [5.41, 5.74) is 1.48. The number of nitrogens with zero attached hydrogens (tertiary/aromatic N) is 1. The molecule has 3 rings (SSSR count). The monoisotopic (exact) mass is 370 g/mol. The number of likely N-dealkylation sites (tertiary alicyclic amines) is 1. The van der Waals surface area contributed by atoms with Gasteiger partial charge in [0.25, 0.3) is 0 Å². The first-order chi connectivity index (χ1) is 13.1. The molecule has 0 saturated carbocycles. The van der Waals surface area contributed by atoms with Crippen LogP contribution in [0.15, 0.2) is 48.5 Å². The SMILES string of the molecule is COc1ccccc1CCNC(=O)C1CC(=O)N(Cc2ccccc2F)C1. The second-order valence-corrected chi connectivity index (χ2v) is 6.62. The fraction of sp³-hybridized carbons (Fsp3) is 0.333. The second kappa shape index (κ2) is 8.66. The van der Waals surface area contributed by atoms with Crippen LogP contribution < -0.4 is 10.1 Å². The molecule has 2 aromatic rings. The summed E-state index contributed by atoms with van der Waals surface area (Å²) in [5, 5.41) is 2.89. The number of nitrogens with one attached hydrogen (secondary N) is 1. The molecule has 0 aliphatic carbocycles. The van der Waals surface area contributed by atoms with Gasteiger partial charge in [-0.25, -0.2) is 4.39 Å². The molecular weight excluding hydrogens is 347 g/mol. The summed E-state index contributed by atoms with van der Waals surface area (Å²) in [4.78, 5) is 26.1. The highest BCUT2D eigenvalue weighted by Crippen LogP contribution is 2.22. The quantitative estimate of drug-likeness (QED) is 0.815. The molecule has 0 spiro atoms. The van der Waals surface area contributed by atoms with Crippen molar-refractivity contribution in [3.05, 3.63) is 65.5 Å². The van der Waals surface area contributed by atoms with Gasteiger partial charge >= 0.3 is 0 Å². The van der Waals surface area contributed by atoms with E-state index in [1.165, 1.54) is 6.07 Å². The zero-order valence-corrected chi connectivity index (χ0v) is 15.3. The normalized spacial score (nSPS) is 16.4. The first kappa shape index (κ1) is 18.9. The summed E-state index contributed by atoms with van der Waals surface area (Å²) < 4.78 is 19.1. The molecule has 0 aromatic heterocycles. The minimum atomic E-state index is -0.401. The standard InChI is InChI=1S/C21H23FN2O3/c1-27-19-9-5-3-6-15(19)10-11-23-21(26)17-12-20(25)24(14-17)13-16-7-2-4-8-18(16)22/h2-9,17H,10-14H2,1H3,(H,23,26). The molecule has 1 aliphatic heterocycles. The molecule has 0 bridgehead atoms. The van der Waals surface area contributed by atoms with Crippen LogP contribution in [0.4, 0.5) is 4.39 Å². The van der Waals surface area contributed by atoms with Crippen molar-refractivity contribution >= 4 is 11.8 Å². The highest BCUT2D eigenvalue weighted by Gasteiger charge is 2.34. The van der Waals surface area contributed by atoms with E-state index < -0.39 is 5.92 Å². The molecule has 1 fully saturated rings. The lowest BCUT2D eigenvalue weighted by atomic mass is 10.1. The first-order valence-electron chi connectivity index (χ1n) is 8.99. The fourth-order valence-corrected chi connectivity index (χ4v) is 3.31. The van der Waals surface area contributed by atoms with Crippen LogP contribution in [0.1, 0.15) is 17.5 Å². The molecule has 142 valence electrons. The Morgan fingerprint density at radius 2 is 1.89 bits per heavy atom. The lowest BCUT2D eigenvalue weighted by Crippen LogP contribution is -2.34. The average Bonchev–Trinajstić information content (AvgIpc) is 3.04. The summed E-state index contributed by atoms with van der Waals surface area (Å²) in [7, 11) is 1.62. The summed E-state index contributed by atoms with van der Waals surface area (Å²) >= 11 is 0. The van der Waals surface area contributed by atoms with Gasteiger partial charge in [-0.05, 0) is 24.1 Å². The summed E-state index contributed by atoms with van der Waals surface area (Å²) in [5.74, 6) is -0.215. The van der Waals surface area contributed by atoms with Gasteiger partial charge in [0.1, 0.15) is 11.6 Å². The van der Waals surface area contributed by atoms with Crippen LogP contribution in [-0.2, 0) is 22.6 Å². The smallest absolute Gasteiger partial charge is 0.225 e. The lowest BCUT2D eigenvalue weighted by Gasteiger charge is -2.17. The largest absolute Gasteiger partial charge is 0.496 e. The molecule has 1 aliphatic rings. The highest BCUT2D eigenvalue weighted by molar-refractivity contribution is 5.89. The van der Waals surface area contributed by atoms with Gasteiger partial charge in [-0.2, -0.15) is 0 Å².